The van der Waals surface area contributed by atoms with Crippen molar-refractivity contribution in [3.05, 3.63) is 29.3 Å². The molecule has 1 rings (SSSR count). The number of nitrogens with one attached hydrogen (secondary N) is 1. The summed E-state index contributed by atoms with van der Waals surface area (Å²) in [6, 6.07) is 5.60. The Hall–Kier alpha value is -1.22. The van der Waals surface area contributed by atoms with Crippen molar-refractivity contribution in [2.75, 3.05) is 12.4 Å². The zero-order chi connectivity index (χ0) is 10.6. The Balaban J connectivity index is 2.96. The van der Waals surface area contributed by atoms with Crippen molar-refractivity contribution in [1.29, 1.82) is 0 Å². The summed E-state index contributed by atoms with van der Waals surface area (Å²) in [4.78, 5) is 11.0. The molecule has 0 atom stereocenters. The molecule has 4 heteroatoms. The summed E-state index contributed by atoms with van der Waals surface area (Å²) >= 11 is 5.77. The van der Waals surface area contributed by atoms with Crippen molar-refractivity contribution in [3.63, 3.8) is 0 Å². The Labute approximate surface area is 88.0 Å². The van der Waals surface area contributed by atoms with Gasteiger partial charge in [0, 0.05) is 11.6 Å². The van der Waals surface area contributed by atoms with Crippen molar-refractivity contribution < 1.29 is 9.53 Å². The molecule has 0 fully saturated rings. The topological polar surface area (TPSA) is 38.3 Å². The van der Waals surface area contributed by atoms with Gasteiger partial charge in [-0.3, -0.25) is 5.32 Å². The highest BCUT2D eigenvalue weighted by molar-refractivity contribution is 6.17. The molecule has 3 nitrogen and oxygen atoms in total. The van der Waals surface area contributed by atoms with Gasteiger partial charge in [0.25, 0.3) is 0 Å². The first-order valence-corrected chi connectivity index (χ1v) is 4.72. The van der Waals surface area contributed by atoms with Crippen LogP contribution in [0.15, 0.2) is 18.2 Å². The second-order valence-electron chi connectivity index (χ2n) is 2.85. The van der Waals surface area contributed by atoms with Gasteiger partial charge in [-0.15, -0.1) is 11.6 Å². The molecule has 1 N–H and O–H groups in total. The van der Waals surface area contributed by atoms with E-state index in [1.807, 2.05) is 19.1 Å². The van der Waals surface area contributed by atoms with E-state index in [1.54, 1.807) is 6.07 Å². The number of carbonyl (C=O) groups excluding carboxylic acids is 1. The molecule has 0 spiro atoms. The first kappa shape index (κ1) is 10.9. The van der Waals surface area contributed by atoms with Gasteiger partial charge in [0.1, 0.15) is 0 Å². The third kappa shape index (κ3) is 2.39. The molecule has 0 heterocycles. The van der Waals surface area contributed by atoms with Crippen LogP contribution >= 0.6 is 11.6 Å². The van der Waals surface area contributed by atoms with Crippen LogP contribution in [0.25, 0.3) is 0 Å². The molecule has 0 bridgehead atoms. The van der Waals surface area contributed by atoms with Crippen molar-refractivity contribution in [2.24, 2.45) is 0 Å². The van der Waals surface area contributed by atoms with E-state index in [9.17, 15) is 4.79 Å². The van der Waals surface area contributed by atoms with Crippen LogP contribution in [0.4, 0.5) is 10.5 Å². The third-order valence-corrected chi connectivity index (χ3v) is 2.23. The minimum absolute atomic E-state index is 0.367. The maximum atomic E-state index is 11.0. The number of anilines is 1. The van der Waals surface area contributed by atoms with E-state index >= 15 is 0 Å². The predicted molar refractivity (Wildman–Crippen MR) is 56.8 cm³/mol. The van der Waals surface area contributed by atoms with E-state index in [1.165, 1.54) is 7.11 Å². The van der Waals surface area contributed by atoms with Gasteiger partial charge in [-0.2, -0.15) is 0 Å². The molecule has 0 saturated heterocycles. The monoisotopic (exact) mass is 213 g/mol. The lowest BCUT2D eigenvalue weighted by atomic mass is 10.1. The number of aryl methyl sites for hydroxylation is 1. The average molecular weight is 214 g/mol. The van der Waals surface area contributed by atoms with E-state index in [2.05, 4.69) is 10.1 Å². The fraction of sp³-hybridized carbons (Fsp3) is 0.300. The molecule has 1 aromatic rings. The largest absolute Gasteiger partial charge is 0.453 e. The first-order valence-electron chi connectivity index (χ1n) is 4.18. The molecule has 1 aromatic carbocycles. The average Bonchev–Trinajstić information content (AvgIpc) is 2.18. The number of halogens is 1. The van der Waals surface area contributed by atoms with Crippen LogP contribution in [0.5, 0.6) is 0 Å². The van der Waals surface area contributed by atoms with Crippen molar-refractivity contribution in [1.82, 2.24) is 0 Å². The van der Waals surface area contributed by atoms with Crippen LogP contribution in [0.3, 0.4) is 0 Å². The van der Waals surface area contributed by atoms with E-state index in [0.717, 1.165) is 11.1 Å². The third-order valence-electron chi connectivity index (χ3n) is 1.97. The number of methoxy groups -OCH3 is 1. The molecule has 0 aromatic heterocycles. The second-order valence-corrected chi connectivity index (χ2v) is 3.12. The van der Waals surface area contributed by atoms with Crippen LogP contribution < -0.4 is 5.32 Å². The molecular weight excluding hydrogens is 202 g/mol. The quantitative estimate of drug-likeness (QED) is 0.768. The number of ether oxygens (including phenoxy) is 1. The normalized spacial score (nSPS) is 9.64. The summed E-state index contributed by atoms with van der Waals surface area (Å²) in [5, 5.41) is 2.61. The van der Waals surface area contributed by atoms with E-state index in [4.69, 9.17) is 11.6 Å². The maximum absolute atomic E-state index is 11.0. The lowest BCUT2D eigenvalue weighted by Gasteiger charge is -2.10. The van der Waals surface area contributed by atoms with Crippen LogP contribution in [-0.4, -0.2) is 13.2 Å². The lowest BCUT2D eigenvalue weighted by Crippen LogP contribution is -2.12. The Bertz CT molecular complexity index is 339. The summed E-state index contributed by atoms with van der Waals surface area (Å²) in [7, 11) is 1.32. The predicted octanol–water partition coefficient (Wildman–Crippen LogP) is 2.91. The Morgan fingerprint density at radius 2 is 2.29 bits per heavy atom. The summed E-state index contributed by atoms with van der Waals surface area (Å²) in [6.45, 7) is 1.94. The van der Waals surface area contributed by atoms with Gasteiger partial charge in [-0.25, -0.2) is 4.79 Å². The fourth-order valence-corrected chi connectivity index (χ4v) is 1.51. The van der Waals surface area contributed by atoms with Gasteiger partial charge in [0.05, 0.1) is 7.11 Å². The first-order chi connectivity index (χ1) is 6.69. The minimum Gasteiger partial charge on any atom is -0.453 e. The van der Waals surface area contributed by atoms with Crippen LogP contribution in [-0.2, 0) is 10.6 Å². The number of hydrogen-bond donors (Lipinski definition) is 1. The Kier molecular flexibility index (Phi) is 3.77. The SMILES string of the molecule is COC(=O)Nc1cccc(C)c1CCl. The zero-order valence-electron chi connectivity index (χ0n) is 8.13. The maximum Gasteiger partial charge on any atom is 0.411 e. The molecular formula is C10H12ClNO2. The number of alkyl halides is 1. The number of carbonyl (C=O) groups is 1. The van der Waals surface area contributed by atoms with Gasteiger partial charge in [-0.05, 0) is 24.1 Å². The molecule has 0 aliphatic rings. The van der Waals surface area contributed by atoms with Gasteiger partial charge < -0.3 is 4.74 Å². The molecule has 14 heavy (non-hydrogen) atoms. The van der Waals surface area contributed by atoms with Crippen LogP contribution in [0.2, 0.25) is 0 Å². The molecule has 0 unspecified atom stereocenters. The summed E-state index contributed by atoms with van der Waals surface area (Å²) in [5.74, 6) is 0.367. The van der Waals surface area contributed by atoms with Crippen LogP contribution in [0, 0.1) is 6.92 Å². The van der Waals surface area contributed by atoms with Gasteiger partial charge in [0.15, 0.2) is 0 Å². The van der Waals surface area contributed by atoms with Gasteiger partial charge >= 0.3 is 6.09 Å². The van der Waals surface area contributed by atoms with E-state index < -0.39 is 6.09 Å². The van der Waals surface area contributed by atoms with E-state index in [0.29, 0.717) is 11.6 Å². The van der Waals surface area contributed by atoms with Crippen molar-refractivity contribution >= 4 is 23.4 Å². The molecule has 76 valence electrons. The molecule has 0 aliphatic carbocycles. The number of benzene rings is 1. The fourth-order valence-electron chi connectivity index (χ4n) is 1.16. The highest BCUT2D eigenvalue weighted by Gasteiger charge is 2.07. The van der Waals surface area contributed by atoms with Gasteiger partial charge in [0.2, 0.25) is 0 Å². The highest BCUT2D eigenvalue weighted by atomic mass is 35.5. The zero-order valence-corrected chi connectivity index (χ0v) is 8.89. The summed E-state index contributed by atoms with van der Waals surface area (Å²) in [6.07, 6.45) is -0.484. The van der Waals surface area contributed by atoms with Crippen molar-refractivity contribution in [2.45, 2.75) is 12.8 Å². The molecule has 1 amide bonds. The van der Waals surface area contributed by atoms with Crippen molar-refractivity contribution in [3.8, 4) is 0 Å². The molecule has 0 saturated carbocycles. The molecule has 0 radical (unpaired) electrons. The molecule has 0 aliphatic heterocycles. The second kappa shape index (κ2) is 4.86. The number of hydrogen-bond acceptors (Lipinski definition) is 2. The standard InChI is InChI=1S/C10H12ClNO2/c1-7-4-3-5-9(8(7)6-11)12-10(13)14-2/h3-5H,6H2,1-2H3,(H,12,13). The summed E-state index contributed by atoms with van der Waals surface area (Å²) in [5.41, 5.74) is 2.67. The van der Waals surface area contributed by atoms with Gasteiger partial charge in [-0.1, -0.05) is 12.1 Å². The Morgan fingerprint density at radius 1 is 1.57 bits per heavy atom. The highest BCUT2D eigenvalue weighted by Crippen LogP contribution is 2.21. The van der Waals surface area contributed by atoms with E-state index in [-0.39, 0.29) is 0 Å². The minimum atomic E-state index is -0.484. The lowest BCUT2D eigenvalue weighted by molar-refractivity contribution is 0.187. The number of amides is 1. The smallest absolute Gasteiger partial charge is 0.411 e. The summed E-state index contributed by atoms with van der Waals surface area (Å²) < 4.78 is 4.50. The van der Waals surface area contributed by atoms with Crippen LogP contribution in [0.1, 0.15) is 11.1 Å². The Morgan fingerprint density at radius 3 is 2.86 bits per heavy atom. The number of rotatable bonds is 2.